The number of thioether (sulfide) groups is 1. The molecule has 0 aromatic rings. The van der Waals surface area contributed by atoms with Crippen molar-refractivity contribution in [2.45, 2.75) is 44.6 Å². The maximum atomic E-state index is 2.73. The van der Waals surface area contributed by atoms with Gasteiger partial charge in [0.25, 0.3) is 0 Å². The Bertz CT molecular complexity index is 210. The van der Waals surface area contributed by atoms with E-state index in [0.717, 1.165) is 6.04 Å². The summed E-state index contributed by atoms with van der Waals surface area (Å²) in [5, 5.41) is 0. The zero-order valence-corrected chi connectivity index (χ0v) is 12.2. The van der Waals surface area contributed by atoms with E-state index in [0.29, 0.717) is 0 Å². The fourth-order valence-electron chi connectivity index (χ4n) is 3.18. The molecule has 2 aliphatic rings. The van der Waals surface area contributed by atoms with E-state index in [4.69, 9.17) is 0 Å². The molecule has 100 valence electrons. The highest BCUT2D eigenvalue weighted by molar-refractivity contribution is 7.98. The van der Waals surface area contributed by atoms with Crippen molar-refractivity contribution in [3.63, 3.8) is 0 Å². The van der Waals surface area contributed by atoms with E-state index in [1.54, 1.807) is 0 Å². The van der Waals surface area contributed by atoms with Crippen molar-refractivity contribution in [3.8, 4) is 0 Å². The van der Waals surface area contributed by atoms with Gasteiger partial charge in [0.2, 0.25) is 0 Å². The molecule has 2 nitrogen and oxygen atoms in total. The molecular formula is C14H28N2S. The summed E-state index contributed by atoms with van der Waals surface area (Å²) >= 11 is 1.98. The van der Waals surface area contributed by atoms with Crippen LogP contribution in [0.4, 0.5) is 0 Å². The fourth-order valence-corrected chi connectivity index (χ4v) is 3.67. The van der Waals surface area contributed by atoms with Crippen molar-refractivity contribution in [2.24, 2.45) is 0 Å². The first-order chi connectivity index (χ1) is 8.40. The summed E-state index contributed by atoms with van der Waals surface area (Å²) in [5.41, 5.74) is 0. The van der Waals surface area contributed by atoms with Crippen LogP contribution in [-0.4, -0.2) is 60.6 Å². The van der Waals surface area contributed by atoms with Gasteiger partial charge in [0.15, 0.2) is 0 Å². The first-order valence-corrected chi connectivity index (χ1v) is 8.75. The molecule has 0 saturated carbocycles. The first kappa shape index (κ1) is 13.7. The normalized spacial score (nSPS) is 27.0. The molecule has 0 N–H and O–H groups in total. The Morgan fingerprint density at radius 1 is 1.06 bits per heavy atom. The van der Waals surface area contributed by atoms with E-state index in [1.165, 1.54) is 77.0 Å². The van der Waals surface area contributed by atoms with Crippen molar-refractivity contribution in [2.75, 3.05) is 44.7 Å². The Morgan fingerprint density at radius 2 is 2.00 bits per heavy atom. The van der Waals surface area contributed by atoms with Crippen molar-refractivity contribution in [1.29, 1.82) is 0 Å². The molecule has 0 aliphatic carbocycles. The smallest absolute Gasteiger partial charge is 0.0223 e. The third-order valence-corrected chi connectivity index (χ3v) is 4.94. The fraction of sp³-hybridized carbons (Fsp3) is 1.00. The molecule has 3 heteroatoms. The Hall–Kier alpha value is 0.270. The molecule has 2 heterocycles. The van der Waals surface area contributed by atoms with Crippen molar-refractivity contribution in [1.82, 2.24) is 9.80 Å². The average molecular weight is 256 g/mol. The van der Waals surface area contributed by atoms with Gasteiger partial charge < -0.3 is 4.90 Å². The molecule has 0 radical (unpaired) electrons. The summed E-state index contributed by atoms with van der Waals surface area (Å²) in [7, 11) is 0. The molecule has 2 aliphatic heterocycles. The Kier molecular flexibility index (Phi) is 6.16. The molecule has 0 amide bonds. The zero-order valence-electron chi connectivity index (χ0n) is 11.4. The molecular weight excluding hydrogens is 228 g/mol. The predicted octanol–water partition coefficient (Wildman–Crippen LogP) is 2.69. The van der Waals surface area contributed by atoms with Gasteiger partial charge in [-0.25, -0.2) is 0 Å². The Labute approximate surface area is 111 Å². The number of nitrogens with zero attached hydrogens (tertiary/aromatic N) is 2. The molecule has 1 unspecified atom stereocenters. The van der Waals surface area contributed by atoms with Crippen LogP contribution in [0.15, 0.2) is 0 Å². The van der Waals surface area contributed by atoms with Crippen LogP contribution >= 0.6 is 11.8 Å². The number of hydrogen-bond acceptors (Lipinski definition) is 3. The van der Waals surface area contributed by atoms with Crippen molar-refractivity contribution >= 4 is 11.8 Å². The molecule has 17 heavy (non-hydrogen) atoms. The Morgan fingerprint density at radius 3 is 2.88 bits per heavy atom. The van der Waals surface area contributed by atoms with Gasteiger partial charge in [0, 0.05) is 25.7 Å². The number of unbranched alkanes of at least 4 members (excludes halogenated alkanes) is 2. The highest BCUT2D eigenvalue weighted by Gasteiger charge is 2.28. The summed E-state index contributed by atoms with van der Waals surface area (Å²) in [6.45, 7) is 6.71. The SMILES string of the molecule is CSCCCCCN1CCN2CCCCC2C1. The van der Waals surface area contributed by atoms with Gasteiger partial charge in [-0.1, -0.05) is 12.8 Å². The summed E-state index contributed by atoms with van der Waals surface area (Å²) < 4.78 is 0. The summed E-state index contributed by atoms with van der Waals surface area (Å²) in [6.07, 6.45) is 10.8. The molecule has 2 saturated heterocycles. The van der Waals surface area contributed by atoms with Crippen LogP contribution in [0.3, 0.4) is 0 Å². The quantitative estimate of drug-likeness (QED) is 0.675. The lowest BCUT2D eigenvalue weighted by atomic mass is 9.99. The van der Waals surface area contributed by atoms with Crippen molar-refractivity contribution in [3.05, 3.63) is 0 Å². The third-order valence-electron chi connectivity index (χ3n) is 4.24. The number of piperidine rings is 1. The maximum Gasteiger partial charge on any atom is 0.0223 e. The minimum Gasteiger partial charge on any atom is -0.301 e. The topological polar surface area (TPSA) is 6.48 Å². The highest BCUT2D eigenvalue weighted by atomic mass is 32.2. The number of hydrogen-bond donors (Lipinski definition) is 0. The van der Waals surface area contributed by atoms with Crippen LogP contribution in [0.5, 0.6) is 0 Å². The van der Waals surface area contributed by atoms with E-state index in [1.807, 2.05) is 11.8 Å². The largest absolute Gasteiger partial charge is 0.301 e. The molecule has 0 bridgehead atoms. The third kappa shape index (κ3) is 4.46. The van der Waals surface area contributed by atoms with Gasteiger partial charge in [-0.05, 0) is 50.8 Å². The monoisotopic (exact) mass is 256 g/mol. The first-order valence-electron chi connectivity index (χ1n) is 7.35. The van der Waals surface area contributed by atoms with Gasteiger partial charge in [-0.15, -0.1) is 0 Å². The maximum absolute atomic E-state index is 2.73. The van der Waals surface area contributed by atoms with E-state index in [9.17, 15) is 0 Å². The van der Waals surface area contributed by atoms with Crippen LogP contribution in [0.1, 0.15) is 38.5 Å². The standard InChI is InChI=1S/C14H28N2S/c1-17-12-6-2-4-8-15-10-11-16-9-5-3-7-14(16)13-15/h14H,2-13H2,1H3. The lowest BCUT2D eigenvalue weighted by Crippen LogP contribution is -2.54. The predicted molar refractivity (Wildman–Crippen MR) is 77.9 cm³/mol. The van der Waals surface area contributed by atoms with Crippen LogP contribution in [0.2, 0.25) is 0 Å². The van der Waals surface area contributed by atoms with Crippen molar-refractivity contribution < 1.29 is 0 Å². The zero-order chi connectivity index (χ0) is 11.9. The van der Waals surface area contributed by atoms with E-state index in [-0.39, 0.29) is 0 Å². The minimum absolute atomic E-state index is 0.892. The lowest BCUT2D eigenvalue weighted by molar-refractivity contribution is 0.0487. The van der Waals surface area contributed by atoms with Crippen LogP contribution in [-0.2, 0) is 0 Å². The highest BCUT2D eigenvalue weighted by Crippen LogP contribution is 2.21. The number of rotatable bonds is 6. The molecule has 1 atom stereocenters. The number of fused-ring (bicyclic) bond motifs is 1. The molecule has 2 rings (SSSR count). The van der Waals surface area contributed by atoms with Gasteiger partial charge >= 0.3 is 0 Å². The second-order valence-electron chi connectivity index (χ2n) is 5.54. The molecule has 2 fully saturated rings. The molecule has 0 aromatic carbocycles. The molecule has 0 spiro atoms. The van der Waals surface area contributed by atoms with Crippen LogP contribution in [0, 0.1) is 0 Å². The van der Waals surface area contributed by atoms with Crippen LogP contribution in [0.25, 0.3) is 0 Å². The van der Waals surface area contributed by atoms with Crippen LogP contribution < -0.4 is 0 Å². The van der Waals surface area contributed by atoms with Gasteiger partial charge in [-0.3, -0.25) is 4.90 Å². The van der Waals surface area contributed by atoms with Gasteiger partial charge in [-0.2, -0.15) is 11.8 Å². The second-order valence-corrected chi connectivity index (χ2v) is 6.53. The van der Waals surface area contributed by atoms with Gasteiger partial charge in [0.1, 0.15) is 0 Å². The average Bonchev–Trinajstić information content (AvgIpc) is 2.38. The summed E-state index contributed by atoms with van der Waals surface area (Å²) in [5.74, 6) is 1.34. The Balaban J connectivity index is 1.59. The molecule has 0 aromatic heterocycles. The second kappa shape index (κ2) is 7.65. The lowest BCUT2D eigenvalue weighted by Gasteiger charge is -2.44. The summed E-state index contributed by atoms with van der Waals surface area (Å²) in [6, 6.07) is 0.892. The van der Waals surface area contributed by atoms with E-state index >= 15 is 0 Å². The van der Waals surface area contributed by atoms with Gasteiger partial charge in [0.05, 0.1) is 0 Å². The van der Waals surface area contributed by atoms with E-state index in [2.05, 4.69) is 16.1 Å². The minimum atomic E-state index is 0.892. The summed E-state index contributed by atoms with van der Waals surface area (Å²) in [4.78, 5) is 5.44. The number of piperazine rings is 1. The van der Waals surface area contributed by atoms with E-state index < -0.39 is 0 Å².